The fraction of sp³-hybridized carbons (Fsp3) is 0.154. The van der Waals surface area contributed by atoms with Gasteiger partial charge in [-0.1, -0.05) is 0 Å². The number of nitrogens with zero attached hydrogens (tertiary/aromatic N) is 4. The first-order chi connectivity index (χ1) is 27.2. The normalized spacial score (nSPS) is 13.3. The molecule has 0 saturated carbocycles. The van der Waals surface area contributed by atoms with Gasteiger partial charge < -0.3 is 10.8 Å². The van der Waals surface area contributed by atoms with E-state index in [1.165, 1.54) is 0 Å². The number of nitrogens with two attached hydrogens (primary N) is 1. The molecule has 0 aliphatic heterocycles. The molecule has 0 fully saturated rings. The fourth-order valence-electron chi connectivity index (χ4n) is 4.75. The third-order valence-electron chi connectivity index (χ3n) is 7.33. The van der Waals surface area contributed by atoms with Gasteiger partial charge in [0.15, 0.2) is 25.4 Å². The molecule has 0 saturated heterocycles. The largest absolute Gasteiger partial charge is 0.505 e. The number of anilines is 1. The Morgan fingerprint density at radius 3 is 1.40 bits per heavy atom. The quantitative estimate of drug-likeness (QED) is 0.0337. The van der Waals surface area contributed by atoms with E-state index >= 15 is 0 Å². The Bertz CT molecular complexity index is 3280. The Morgan fingerprint density at radius 2 is 0.952 bits per heavy atom. The van der Waals surface area contributed by atoms with Crippen LogP contribution in [0.4, 0.5) is 28.4 Å². The molecule has 4 aromatic rings. The van der Waals surface area contributed by atoms with Crippen LogP contribution in [0.25, 0.3) is 10.8 Å². The topological polar surface area (TPSA) is 454 Å². The summed E-state index contributed by atoms with van der Waals surface area (Å²) in [6.07, 6.45) is 0. The number of rotatable bonds is 17. The van der Waals surface area contributed by atoms with Gasteiger partial charge >= 0.3 is 20.8 Å². The van der Waals surface area contributed by atoms with E-state index in [0.717, 1.165) is 24.3 Å². The Morgan fingerprint density at radius 1 is 0.532 bits per heavy atom. The maximum atomic E-state index is 12.6. The smallest absolute Gasteiger partial charge is 0.397 e. The molecule has 4 rings (SSSR count). The molecular formula is C26H25KN5NaO22S7. The number of azo groups is 2. The second kappa shape index (κ2) is 20.6. The maximum absolute atomic E-state index is 12.6. The van der Waals surface area contributed by atoms with E-state index in [9.17, 15) is 77.7 Å². The number of benzene rings is 4. The maximum Gasteiger partial charge on any atom is 0.397 e. The number of phenolic OH excluding ortho intramolecular Hbond substituents is 1. The van der Waals surface area contributed by atoms with Crippen molar-refractivity contribution in [3.05, 3.63) is 54.6 Å². The van der Waals surface area contributed by atoms with Crippen LogP contribution in [0.2, 0.25) is 0 Å². The van der Waals surface area contributed by atoms with Gasteiger partial charge in [-0.05, 0) is 60.0 Å². The predicted molar refractivity (Wildman–Crippen MR) is 211 cm³/mol. The molecule has 0 heterocycles. The Labute approximate surface area is 416 Å². The van der Waals surface area contributed by atoms with Crippen LogP contribution in [-0.2, 0) is 79.2 Å². The first-order valence-corrected chi connectivity index (χ1v) is 25.4. The predicted octanol–water partition coefficient (Wildman–Crippen LogP) is 1.12. The van der Waals surface area contributed by atoms with Crippen LogP contribution < -0.4 is 5.73 Å². The first-order valence-electron chi connectivity index (χ1n) is 15.0. The number of hydrogen-bond acceptors (Lipinski definition) is 22. The summed E-state index contributed by atoms with van der Waals surface area (Å²) in [7, 11) is -35.1. The number of fused-ring (bicyclic) bond motifs is 1. The van der Waals surface area contributed by atoms with Crippen molar-refractivity contribution in [1.82, 2.24) is 0 Å². The minimum atomic E-state index is -5.49. The van der Waals surface area contributed by atoms with Crippen LogP contribution in [0.5, 0.6) is 5.75 Å². The van der Waals surface area contributed by atoms with Crippen LogP contribution in [-0.4, -0.2) is 192 Å². The van der Waals surface area contributed by atoms with Gasteiger partial charge in [-0.25, -0.2) is 25.2 Å². The van der Waals surface area contributed by atoms with Gasteiger partial charge in [0.1, 0.15) is 31.7 Å². The monoisotopic (exact) mass is 1040 g/mol. The van der Waals surface area contributed by atoms with Crippen LogP contribution in [0.15, 0.2) is 99.5 Å². The van der Waals surface area contributed by atoms with E-state index in [2.05, 4.69) is 28.8 Å². The van der Waals surface area contributed by atoms with Gasteiger partial charge in [-0.15, -0.1) is 15.3 Å². The van der Waals surface area contributed by atoms with Crippen molar-refractivity contribution in [2.75, 3.05) is 30.5 Å². The number of nitrogen functional groups attached to an aromatic ring is 1. The zero-order valence-electron chi connectivity index (χ0n) is 31.0. The molecule has 0 atom stereocenters. The zero-order chi connectivity index (χ0) is 45.4. The summed E-state index contributed by atoms with van der Waals surface area (Å²) >= 11 is 0. The number of phenols is 1. The second-order valence-corrected chi connectivity index (χ2v) is 22.0. The Balaban J connectivity index is 0.00000661. The SMILES string of the molecule is Nc1c(N=Nc2ccc(S(=O)(=O)CCOS(=O)(=O)O)cc2)c(S(=O)(=O)O)cc2cc(S(=O)(=O)O)c(N=Nc3ccc(S(=O)(=O)CCOS(=O)(=O)O)cc3S(=O)(=O)O)c(O)c12.[K].[Na]. The molecule has 8 N–H and O–H groups in total. The second-order valence-electron chi connectivity index (χ2n) is 11.4. The van der Waals surface area contributed by atoms with Crippen molar-refractivity contribution in [3.8, 4) is 5.75 Å². The van der Waals surface area contributed by atoms with Crippen molar-refractivity contribution in [1.29, 1.82) is 0 Å². The molecule has 0 bridgehead atoms. The van der Waals surface area contributed by atoms with Gasteiger partial charge in [0.2, 0.25) is 0 Å². The summed E-state index contributed by atoms with van der Waals surface area (Å²) in [5, 5.41) is 24.2. The molecule has 4 aromatic carbocycles. The average molecular weight is 1050 g/mol. The minimum absolute atomic E-state index is 0. The standard InChI is InChI=1S/C26H25N5O22S7.K.Na/c27-23-22-14(11-20(57(40,41)42)24(23)30-28-15-1-3-16(4-2-15)54(33,34)9-7-52-59(46,47)48)12-21(58(43,44)45)25(26(22)32)31-29-18-6-5-17(13-19(18)56(37,38)39)55(35,36)10-8-53-60(49,50)51;;/h1-6,11-13,32H,7-10,27H2,(H,37,38,39)(H,40,41,42)(H,43,44,45)(H,46,47,48)(H,49,50,51);;. The summed E-state index contributed by atoms with van der Waals surface area (Å²) in [5.41, 5.74) is 1.90. The van der Waals surface area contributed by atoms with E-state index in [0.29, 0.717) is 30.3 Å². The molecule has 62 heavy (non-hydrogen) atoms. The molecule has 0 aromatic heterocycles. The van der Waals surface area contributed by atoms with E-state index < -0.39 is 159 Å². The Kier molecular flexibility index (Phi) is 18.7. The van der Waals surface area contributed by atoms with E-state index in [-0.39, 0.29) is 86.6 Å². The Hall–Kier alpha value is -2.05. The van der Waals surface area contributed by atoms with E-state index in [4.69, 9.17) is 14.8 Å². The summed E-state index contributed by atoms with van der Waals surface area (Å²) < 4.78 is 222. The fourth-order valence-corrected chi connectivity index (χ4v) is 9.80. The van der Waals surface area contributed by atoms with E-state index in [1.807, 2.05) is 0 Å². The van der Waals surface area contributed by atoms with Crippen molar-refractivity contribution >= 4 is 191 Å². The molecule has 330 valence electrons. The van der Waals surface area contributed by atoms with Gasteiger partial charge in [0, 0.05) is 80.9 Å². The van der Waals surface area contributed by atoms with Crippen LogP contribution >= 0.6 is 0 Å². The summed E-state index contributed by atoms with van der Waals surface area (Å²) in [4.78, 5) is -5.11. The molecule has 2 radical (unpaired) electrons. The molecular weight excluding hydrogens is 1020 g/mol. The van der Waals surface area contributed by atoms with E-state index in [1.54, 1.807) is 0 Å². The molecule has 0 unspecified atom stereocenters. The van der Waals surface area contributed by atoms with Gasteiger partial charge in [0.25, 0.3) is 30.4 Å². The summed E-state index contributed by atoms with van der Waals surface area (Å²) in [6, 6.07) is 6.50. The third-order valence-corrected chi connectivity index (χ3v) is 14.2. The van der Waals surface area contributed by atoms with Gasteiger partial charge in [0.05, 0.1) is 51.3 Å². The number of sulfone groups is 2. The molecule has 0 aliphatic rings. The van der Waals surface area contributed by atoms with Gasteiger partial charge in [-0.3, -0.25) is 22.8 Å². The molecule has 0 aliphatic carbocycles. The first kappa shape index (κ1) is 56.1. The van der Waals surface area contributed by atoms with Crippen molar-refractivity contribution < 1.29 is 95.2 Å². The van der Waals surface area contributed by atoms with Crippen molar-refractivity contribution in [2.24, 2.45) is 20.5 Å². The average Bonchev–Trinajstić information content (AvgIpc) is 3.08. The molecule has 0 spiro atoms. The van der Waals surface area contributed by atoms with Crippen LogP contribution in [0.3, 0.4) is 0 Å². The minimum Gasteiger partial charge on any atom is -0.505 e. The summed E-state index contributed by atoms with van der Waals surface area (Å²) in [5.74, 6) is -3.39. The van der Waals surface area contributed by atoms with Crippen LogP contribution in [0, 0.1) is 0 Å². The molecule has 0 amide bonds. The third kappa shape index (κ3) is 14.7. The molecule has 36 heteroatoms. The van der Waals surface area contributed by atoms with Crippen molar-refractivity contribution in [3.63, 3.8) is 0 Å². The zero-order valence-corrected chi connectivity index (χ0v) is 41.8. The number of aromatic hydroxyl groups is 1. The van der Waals surface area contributed by atoms with Gasteiger partial charge in [-0.2, -0.15) is 47.2 Å². The number of hydrogen-bond donors (Lipinski definition) is 7. The summed E-state index contributed by atoms with van der Waals surface area (Å²) in [6.45, 7) is -2.08. The molecule has 27 nitrogen and oxygen atoms in total. The van der Waals surface area contributed by atoms with Crippen molar-refractivity contribution in [2.45, 2.75) is 24.5 Å². The van der Waals surface area contributed by atoms with Crippen LogP contribution in [0.1, 0.15) is 0 Å².